The molecular weight excluding hydrogens is 797 g/mol. The zero-order chi connectivity index (χ0) is 43.2. The molecular formula is C61H42O4. The zero-order valence-corrected chi connectivity index (χ0v) is 35.5. The van der Waals surface area contributed by atoms with Crippen molar-refractivity contribution >= 4 is 64.6 Å². The molecule has 12 aromatic carbocycles. The lowest BCUT2D eigenvalue weighted by Crippen LogP contribution is -2.28. The first-order valence-corrected chi connectivity index (χ1v) is 22.5. The molecule has 0 saturated carbocycles. The summed E-state index contributed by atoms with van der Waals surface area (Å²) in [7, 11) is 0. The normalized spacial score (nSPS) is 13.1. The molecule has 1 aliphatic rings. The van der Waals surface area contributed by atoms with E-state index in [4.69, 9.17) is 9.47 Å². The van der Waals surface area contributed by atoms with Gasteiger partial charge in [-0.15, -0.1) is 0 Å². The van der Waals surface area contributed by atoms with E-state index < -0.39 is 5.41 Å². The molecule has 0 amide bonds. The van der Waals surface area contributed by atoms with Gasteiger partial charge in [-0.25, -0.2) is 0 Å². The first-order chi connectivity index (χ1) is 32.1. The third-order valence-corrected chi connectivity index (χ3v) is 14.1. The molecule has 0 aliphatic heterocycles. The third-order valence-electron chi connectivity index (χ3n) is 14.1. The van der Waals surface area contributed by atoms with Gasteiger partial charge in [0.1, 0.15) is 24.7 Å². The van der Waals surface area contributed by atoms with Crippen LogP contribution in [-0.2, 0) is 5.41 Å². The molecule has 0 unspecified atom stereocenters. The molecule has 1 aliphatic carbocycles. The Morgan fingerprint density at radius 3 is 1.08 bits per heavy atom. The molecule has 0 spiro atoms. The van der Waals surface area contributed by atoms with E-state index >= 15 is 0 Å². The first kappa shape index (κ1) is 37.8. The Kier molecular flexibility index (Phi) is 8.51. The van der Waals surface area contributed by atoms with E-state index in [0.29, 0.717) is 11.5 Å². The fourth-order valence-corrected chi connectivity index (χ4v) is 11.5. The van der Waals surface area contributed by atoms with Crippen molar-refractivity contribution in [3.05, 3.63) is 216 Å². The van der Waals surface area contributed by atoms with Gasteiger partial charge in [-0.2, -0.15) is 0 Å². The van der Waals surface area contributed by atoms with E-state index in [0.717, 1.165) is 11.1 Å². The largest absolute Gasteiger partial charge is 0.491 e. The number of rotatable bonds is 10. The van der Waals surface area contributed by atoms with E-state index in [9.17, 15) is 10.2 Å². The van der Waals surface area contributed by atoms with E-state index in [1.807, 2.05) is 24.3 Å². The summed E-state index contributed by atoms with van der Waals surface area (Å²) in [5, 5.41) is 34.3. The summed E-state index contributed by atoms with van der Waals surface area (Å²) >= 11 is 0. The fraction of sp³-hybridized carbons (Fsp3) is 0.0820. The van der Waals surface area contributed by atoms with Crippen molar-refractivity contribution in [3.63, 3.8) is 0 Å². The number of benzene rings is 12. The molecule has 0 bridgehead atoms. The SMILES string of the molecule is OCCOc1ccc(C2(c3ccc(OCCO)cc3)c3cccc(-c4ccc5ccc6cccc7ccc4c5c67)c3-c3c(-c4ccc5ccc6cccc7ccc4c5c67)cccc32)cc1. The standard InChI is InChI=1S/C61H42O4/c62-33-35-64-45-25-21-43(22-26-45)61(44-23-27-46(28-24-44)65-36-34-63)53-11-3-9-49(47-29-17-41-15-13-37-5-1-7-39-19-31-51(47)57(41)55(37)39)59(53)60-50(10-4-12-54(60)61)48-30-18-42-16-14-38-6-2-8-40-20-32-52(48)58(42)56(38)40/h1-32,62-63H,33-36H2. The van der Waals surface area contributed by atoms with Gasteiger partial charge in [0.05, 0.1) is 18.6 Å². The highest BCUT2D eigenvalue weighted by Crippen LogP contribution is 2.61. The quantitative estimate of drug-likeness (QED) is 0.135. The van der Waals surface area contributed by atoms with Crippen molar-refractivity contribution in [2.75, 3.05) is 26.4 Å². The Balaban J connectivity index is 1.16. The van der Waals surface area contributed by atoms with Crippen LogP contribution < -0.4 is 9.47 Å². The molecule has 4 heteroatoms. The van der Waals surface area contributed by atoms with Crippen LogP contribution >= 0.6 is 0 Å². The van der Waals surface area contributed by atoms with Crippen LogP contribution in [0.5, 0.6) is 11.5 Å². The van der Waals surface area contributed by atoms with Gasteiger partial charge in [0.25, 0.3) is 0 Å². The average molecular weight is 839 g/mol. The van der Waals surface area contributed by atoms with Crippen LogP contribution in [0.25, 0.3) is 98.0 Å². The highest BCUT2D eigenvalue weighted by Gasteiger charge is 2.48. The molecule has 0 fully saturated rings. The second kappa shape index (κ2) is 14.6. The minimum absolute atomic E-state index is 0.0607. The topological polar surface area (TPSA) is 58.9 Å². The minimum Gasteiger partial charge on any atom is -0.491 e. The predicted octanol–water partition coefficient (Wildman–Crippen LogP) is 13.9. The Hall–Kier alpha value is -7.76. The van der Waals surface area contributed by atoms with Crippen molar-refractivity contribution < 1.29 is 19.7 Å². The molecule has 2 N–H and O–H groups in total. The van der Waals surface area contributed by atoms with E-state index in [1.165, 1.54) is 109 Å². The summed E-state index contributed by atoms with van der Waals surface area (Å²) in [6, 6.07) is 71.3. The van der Waals surface area contributed by atoms with Gasteiger partial charge in [0, 0.05) is 0 Å². The van der Waals surface area contributed by atoms with Gasteiger partial charge in [0.2, 0.25) is 0 Å². The van der Waals surface area contributed by atoms with Crippen molar-refractivity contribution in [1.82, 2.24) is 0 Å². The van der Waals surface area contributed by atoms with Gasteiger partial charge in [0.15, 0.2) is 0 Å². The summed E-state index contributed by atoms with van der Waals surface area (Å²) in [4.78, 5) is 0. The maximum absolute atomic E-state index is 9.62. The molecule has 0 saturated heterocycles. The number of aliphatic hydroxyl groups excluding tert-OH is 2. The van der Waals surface area contributed by atoms with Gasteiger partial charge in [-0.1, -0.05) is 170 Å². The van der Waals surface area contributed by atoms with Crippen molar-refractivity contribution in [2.45, 2.75) is 5.41 Å². The predicted molar refractivity (Wildman–Crippen MR) is 267 cm³/mol. The number of fused-ring (bicyclic) bond motifs is 3. The van der Waals surface area contributed by atoms with Crippen molar-refractivity contribution in [3.8, 4) is 44.9 Å². The van der Waals surface area contributed by atoms with Gasteiger partial charge >= 0.3 is 0 Å². The zero-order valence-electron chi connectivity index (χ0n) is 35.5. The van der Waals surface area contributed by atoms with E-state index in [2.05, 4.69) is 170 Å². The molecule has 13 rings (SSSR count). The molecule has 12 aromatic rings. The monoisotopic (exact) mass is 838 g/mol. The second-order valence-electron chi connectivity index (χ2n) is 17.3. The van der Waals surface area contributed by atoms with Crippen molar-refractivity contribution in [2.24, 2.45) is 0 Å². The van der Waals surface area contributed by atoms with Gasteiger partial charge in [-0.3, -0.25) is 0 Å². The number of ether oxygens (including phenoxy) is 2. The lowest BCUT2D eigenvalue weighted by atomic mass is 9.67. The Morgan fingerprint density at radius 1 is 0.323 bits per heavy atom. The van der Waals surface area contributed by atoms with Crippen LogP contribution in [0.4, 0.5) is 0 Å². The average Bonchev–Trinajstić information content (AvgIpc) is 3.68. The van der Waals surface area contributed by atoms with Crippen molar-refractivity contribution in [1.29, 1.82) is 0 Å². The first-order valence-electron chi connectivity index (χ1n) is 22.5. The third kappa shape index (κ3) is 5.45. The number of hydrogen-bond acceptors (Lipinski definition) is 4. The lowest BCUT2D eigenvalue weighted by Gasteiger charge is -2.34. The Labute approximate surface area is 375 Å². The summed E-state index contributed by atoms with van der Waals surface area (Å²) in [5.41, 5.74) is 11.0. The Morgan fingerprint density at radius 2 is 0.677 bits per heavy atom. The smallest absolute Gasteiger partial charge is 0.119 e. The Bertz CT molecular complexity index is 3510. The second-order valence-corrected chi connectivity index (χ2v) is 17.3. The molecule has 4 nitrogen and oxygen atoms in total. The lowest BCUT2D eigenvalue weighted by molar-refractivity contribution is 0.201. The molecule has 0 radical (unpaired) electrons. The van der Waals surface area contributed by atoms with Crippen LogP contribution in [0.1, 0.15) is 22.3 Å². The fourth-order valence-electron chi connectivity index (χ4n) is 11.5. The summed E-state index contributed by atoms with van der Waals surface area (Å²) in [6.07, 6.45) is 0. The van der Waals surface area contributed by atoms with Crippen LogP contribution in [0.15, 0.2) is 194 Å². The highest BCUT2D eigenvalue weighted by atomic mass is 16.5. The summed E-state index contributed by atoms with van der Waals surface area (Å²) < 4.78 is 11.9. The molecule has 0 aromatic heterocycles. The van der Waals surface area contributed by atoms with Crippen LogP contribution in [-0.4, -0.2) is 36.6 Å². The number of aliphatic hydroxyl groups is 2. The molecule has 65 heavy (non-hydrogen) atoms. The number of hydrogen-bond donors (Lipinski definition) is 2. The highest BCUT2D eigenvalue weighted by molar-refractivity contribution is 6.28. The van der Waals surface area contributed by atoms with Crippen LogP contribution in [0.2, 0.25) is 0 Å². The minimum atomic E-state index is -0.769. The summed E-state index contributed by atoms with van der Waals surface area (Å²) in [6.45, 7) is 0.317. The molecule has 310 valence electrons. The maximum atomic E-state index is 9.62. The van der Waals surface area contributed by atoms with Crippen LogP contribution in [0, 0.1) is 0 Å². The maximum Gasteiger partial charge on any atom is 0.119 e. The molecule has 0 atom stereocenters. The van der Waals surface area contributed by atoms with Gasteiger partial charge in [-0.05, 0) is 145 Å². The van der Waals surface area contributed by atoms with Gasteiger partial charge < -0.3 is 19.7 Å². The van der Waals surface area contributed by atoms with Crippen LogP contribution in [0.3, 0.4) is 0 Å². The van der Waals surface area contributed by atoms with E-state index in [-0.39, 0.29) is 26.4 Å². The van der Waals surface area contributed by atoms with E-state index in [1.54, 1.807) is 0 Å². The molecule has 0 heterocycles. The summed E-state index contributed by atoms with van der Waals surface area (Å²) in [5.74, 6) is 1.41.